The highest BCUT2D eigenvalue weighted by Gasteiger charge is 2.20. The van der Waals surface area contributed by atoms with E-state index in [0.717, 1.165) is 5.56 Å². The van der Waals surface area contributed by atoms with E-state index in [-0.39, 0.29) is 28.3 Å². The van der Waals surface area contributed by atoms with Gasteiger partial charge in [0.25, 0.3) is 0 Å². The second kappa shape index (κ2) is 11.1. The lowest BCUT2D eigenvalue weighted by Crippen LogP contribution is -2.24. The van der Waals surface area contributed by atoms with Crippen LogP contribution in [-0.2, 0) is 17.2 Å². The number of halogens is 1. The molecule has 10 heteroatoms. The zero-order chi connectivity index (χ0) is 26.6. The Kier molecular flexibility index (Phi) is 8.37. The van der Waals surface area contributed by atoms with Crippen LogP contribution >= 0.6 is 23.8 Å². The maximum Gasteiger partial charge on any atom is 0.339 e. The Bertz CT molecular complexity index is 1310. The van der Waals surface area contributed by atoms with Gasteiger partial charge in [-0.05, 0) is 36.1 Å². The predicted octanol–water partition coefficient (Wildman–Crippen LogP) is 5.28. The summed E-state index contributed by atoms with van der Waals surface area (Å²) in [6.45, 7) is 8.46. The van der Waals surface area contributed by atoms with Crippen molar-refractivity contribution < 1.29 is 14.6 Å². The zero-order valence-corrected chi connectivity index (χ0v) is 22.7. The topological polar surface area (TPSA) is 101 Å². The van der Waals surface area contributed by atoms with Crippen molar-refractivity contribution in [3.05, 3.63) is 64.3 Å². The highest BCUT2D eigenvalue weighted by atomic mass is 35.5. The number of benzene rings is 2. The minimum atomic E-state index is -0.511. The summed E-state index contributed by atoms with van der Waals surface area (Å²) in [7, 11) is 3.08. The summed E-state index contributed by atoms with van der Waals surface area (Å²) in [4.78, 5) is 12.1. The third-order valence-electron chi connectivity index (χ3n) is 5.53. The normalized spacial score (nSPS) is 11.8. The quantitative estimate of drug-likeness (QED) is 0.166. The van der Waals surface area contributed by atoms with E-state index in [2.05, 4.69) is 53.8 Å². The molecule has 0 saturated heterocycles. The zero-order valence-electron chi connectivity index (χ0n) is 21.1. The van der Waals surface area contributed by atoms with Gasteiger partial charge in [-0.1, -0.05) is 68.9 Å². The van der Waals surface area contributed by atoms with Crippen molar-refractivity contribution in [3.8, 4) is 17.0 Å². The number of anilines is 1. The van der Waals surface area contributed by atoms with Crippen LogP contribution in [0.25, 0.3) is 11.3 Å². The molecule has 0 radical (unpaired) electrons. The number of aromatic nitrogens is 2. The molecule has 2 aromatic carbocycles. The van der Waals surface area contributed by atoms with Gasteiger partial charge in [0, 0.05) is 18.3 Å². The molecular formula is C26H30ClN5O3S. The van der Waals surface area contributed by atoms with Gasteiger partial charge in [0.2, 0.25) is 0 Å². The van der Waals surface area contributed by atoms with Crippen LogP contribution in [0.15, 0.2) is 47.6 Å². The monoisotopic (exact) mass is 527 g/mol. The molecule has 0 fully saturated rings. The fraction of sp³-hybridized carbons (Fsp3) is 0.308. The van der Waals surface area contributed by atoms with E-state index in [1.807, 2.05) is 12.1 Å². The van der Waals surface area contributed by atoms with Crippen LogP contribution in [0.4, 0.5) is 5.69 Å². The van der Waals surface area contributed by atoms with Crippen LogP contribution in [0.1, 0.15) is 49.3 Å². The number of rotatable bonds is 7. The van der Waals surface area contributed by atoms with Gasteiger partial charge in [-0.15, -0.1) is 0 Å². The van der Waals surface area contributed by atoms with Crippen LogP contribution in [0.2, 0.25) is 5.02 Å². The maximum atomic E-state index is 11.7. The van der Waals surface area contributed by atoms with E-state index < -0.39 is 5.97 Å². The molecule has 0 unspecified atom stereocenters. The third kappa shape index (κ3) is 6.22. The number of carbonyl (C=O) groups is 1. The number of esters is 1. The number of aromatic hydroxyl groups is 1. The average molecular weight is 528 g/mol. The SMILES string of the molecule is COC(=O)c1ccc(NC(=S)CNN=C(C)c2nn(C)c(-c3ccc(C(C)(C)C)cc3)c2O)cc1Cl. The standard InChI is InChI=1S/C26H30ClN5O3S/c1-15(30-28-14-21(36)29-18-11-12-19(20(27)13-18)25(34)35-6)22-24(33)23(32(5)31-22)16-7-9-17(10-8-16)26(2,3)4/h7-13,28,33H,14H2,1-6H3,(H,29,36). The lowest BCUT2D eigenvalue weighted by molar-refractivity contribution is 0.0601. The first kappa shape index (κ1) is 27.2. The second-order valence-electron chi connectivity index (χ2n) is 9.26. The van der Waals surface area contributed by atoms with E-state index in [4.69, 9.17) is 28.6 Å². The molecule has 1 aromatic heterocycles. The summed E-state index contributed by atoms with van der Waals surface area (Å²) in [6, 6.07) is 12.9. The minimum Gasteiger partial charge on any atom is -0.504 e. The highest BCUT2D eigenvalue weighted by Crippen LogP contribution is 2.33. The van der Waals surface area contributed by atoms with Crippen LogP contribution in [0, 0.1) is 0 Å². The maximum absolute atomic E-state index is 11.7. The van der Waals surface area contributed by atoms with Crippen molar-refractivity contribution in [3.63, 3.8) is 0 Å². The Balaban J connectivity index is 1.66. The van der Waals surface area contributed by atoms with Gasteiger partial charge in [-0.25, -0.2) is 4.79 Å². The van der Waals surface area contributed by atoms with Crippen LogP contribution in [0.3, 0.4) is 0 Å². The van der Waals surface area contributed by atoms with Crippen molar-refractivity contribution in [1.29, 1.82) is 0 Å². The number of methoxy groups -OCH3 is 1. The minimum absolute atomic E-state index is 0.0430. The summed E-state index contributed by atoms with van der Waals surface area (Å²) in [5.74, 6) is -0.450. The summed E-state index contributed by atoms with van der Waals surface area (Å²) in [6.07, 6.45) is 0. The summed E-state index contributed by atoms with van der Waals surface area (Å²) in [5.41, 5.74) is 7.42. The van der Waals surface area contributed by atoms with Crippen molar-refractivity contribution in [2.45, 2.75) is 33.1 Å². The summed E-state index contributed by atoms with van der Waals surface area (Å²) < 4.78 is 6.33. The fourth-order valence-corrected chi connectivity index (χ4v) is 4.00. The van der Waals surface area contributed by atoms with E-state index in [0.29, 0.717) is 27.8 Å². The van der Waals surface area contributed by atoms with Gasteiger partial charge in [0.1, 0.15) is 10.7 Å². The largest absolute Gasteiger partial charge is 0.504 e. The van der Waals surface area contributed by atoms with Crippen molar-refractivity contribution >= 4 is 46.2 Å². The van der Waals surface area contributed by atoms with E-state index in [1.54, 1.807) is 36.9 Å². The third-order valence-corrected chi connectivity index (χ3v) is 6.09. The first-order valence-electron chi connectivity index (χ1n) is 11.2. The Labute approximate surface area is 221 Å². The molecule has 36 heavy (non-hydrogen) atoms. The van der Waals surface area contributed by atoms with Crippen molar-refractivity contribution in [1.82, 2.24) is 15.2 Å². The number of aryl methyl sites for hydroxylation is 1. The summed E-state index contributed by atoms with van der Waals surface area (Å²) in [5, 5.41) is 23.0. The number of hydrazone groups is 1. The Morgan fingerprint density at radius 3 is 2.47 bits per heavy atom. The Morgan fingerprint density at radius 1 is 1.22 bits per heavy atom. The molecule has 1 heterocycles. The number of nitrogens with zero attached hydrogens (tertiary/aromatic N) is 3. The molecule has 3 rings (SSSR count). The second-order valence-corrected chi connectivity index (χ2v) is 10.2. The molecule has 3 aromatic rings. The van der Waals surface area contributed by atoms with E-state index in [1.165, 1.54) is 12.7 Å². The molecule has 0 saturated carbocycles. The summed E-state index contributed by atoms with van der Waals surface area (Å²) >= 11 is 11.5. The van der Waals surface area contributed by atoms with Gasteiger partial charge < -0.3 is 20.6 Å². The highest BCUT2D eigenvalue weighted by molar-refractivity contribution is 7.80. The average Bonchev–Trinajstić information content (AvgIpc) is 3.12. The molecule has 0 bridgehead atoms. The molecule has 0 amide bonds. The van der Waals surface area contributed by atoms with Crippen LogP contribution in [-0.4, -0.2) is 45.2 Å². The van der Waals surface area contributed by atoms with Gasteiger partial charge >= 0.3 is 5.97 Å². The Hall–Kier alpha value is -3.43. The lowest BCUT2D eigenvalue weighted by Gasteiger charge is -2.19. The molecule has 0 aliphatic rings. The van der Waals surface area contributed by atoms with Gasteiger partial charge in [0.15, 0.2) is 11.4 Å². The number of ether oxygens (including phenoxy) is 1. The molecule has 0 spiro atoms. The number of hydrogen-bond donors (Lipinski definition) is 3. The Morgan fingerprint density at radius 2 is 1.89 bits per heavy atom. The number of thiocarbonyl (C=S) groups is 1. The van der Waals surface area contributed by atoms with E-state index >= 15 is 0 Å². The predicted molar refractivity (Wildman–Crippen MR) is 148 cm³/mol. The number of carbonyl (C=O) groups excluding carboxylic acids is 1. The molecule has 0 aliphatic carbocycles. The molecule has 8 nitrogen and oxygen atoms in total. The molecule has 0 atom stereocenters. The lowest BCUT2D eigenvalue weighted by atomic mass is 9.86. The van der Waals surface area contributed by atoms with Crippen molar-refractivity contribution in [2.24, 2.45) is 12.1 Å². The van der Waals surface area contributed by atoms with Crippen LogP contribution in [0.5, 0.6) is 5.75 Å². The molecule has 0 aliphatic heterocycles. The van der Waals surface area contributed by atoms with Crippen LogP contribution < -0.4 is 10.7 Å². The first-order chi connectivity index (χ1) is 16.9. The first-order valence-corrected chi connectivity index (χ1v) is 12.0. The van der Waals surface area contributed by atoms with E-state index in [9.17, 15) is 9.90 Å². The van der Waals surface area contributed by atoms with Gasteiger partial charge in [-0.2, -0.15) is 10.2 Å². The van der Waals surface area contributed by atoms with Crippen molar-refractivity contribution in [2.75, 3.05) is 19.0 Å². The fourth-order valence-electron chi connectivity index (χ4n) is 3.56. The van der Waals surface area contributed by atoms with Gasteiger partial charge in [0.05, 0.1) is 30.0 Å². The van der Waals surface area contributed by atoms with Gasteiger partial charge in [-0.3, -0.25) is 4.68 Å². The molecular weight excluding hydrogens is 498 g/mol. The molecule has 190 valence electrons. The number of nitrogens with one attached hydrogen (secondary N) is 2. The smallest absolute Gasteiger partial charge is 0.339 e. The molecule has 3 N–H and O–H groups in total. The number of hydrogen-bond acceptors (Lipinski definition) is 7.